The van der Waals surface area contributed by atoms with E-state index < -0.39 is 0 Å². The van der Waals surface area contributed by atoms with Gasteiger partial charge in [0.2, 0.25) is 0 Å². The zero-order chi connectivity index (χ0) is 12.8. The Balaban J connectivity index is 1.59. The number of furan rings is 1. The standard InChI is InChI=1S/C14H24N2O2/c1-3-15-9-12-8-14(18-10-12)11-17-7-6-16(2)13-4-5-13/h8,10,13,15H,3-7,9,11H2,1-2H3. The summed E-state index contributed by atoms with van der Waals surface area (Å²) in [5.41, 5.74) is 1.19. The lowest BCUT2D eigenvalue weighted by atomic mass is 10.3. The molecular weight excluding hydrogens is 228 g/mol. The molecular formula is C14H24N2O2. The topological polar surface area (TPSA) is 37.6 Å². The number of rotatable bonds is 9. The first kappa shape index (κ1) is 13.6. The minimum absolute atomic E-state index is 0.574. The molecule has 0 spiro atoms. The van der Waals surface area contributed by atoms with Crippen molar-refractivity contribution in [1.29, 1.82) is 0 Å². The fraction of sp³-hybridized carbons (Fsp3) is 0.714. The van der Waals surface area contributed by atoms with Crippen LogP contribution in [0.25, 0.3) is 0 Å². The van der Waals surface area contributed by atoms with Crippen LogP contribution in [-0.4, -0.2) is 37.7 Å². The van der Waals surface area contributed by atoms with Gasteiger partial charge in [0.1, 0.15) is 12.4 Å². The molecule has 4 nitrogen and oxygen atoms in total. The third-order valence-corrected chi connectivity index (χ3v) is 3.29. The Bertz CT molecular complexity index is 347. The Morgan fingerprint density at radius 1 is 1.50 bits per heavy atom. The molecule has 0 aromatic carbocycles. The molecule has 0 aliphatic heterocycles. The molecule has 2 rings (SSSR count). The fourth-order valence-electron chi connectivity index (χ4n) is 1.94. The summed E-state index contributed by atoms with van der Waals surface area (Å²) in [5.74, 6) is 0.914. The predicted octanol–water partition coefficient (Wildman–Crippen LogP) is 2.00. The number of nitrogens with one attached hydrogen (secondary N) is 1. The minimum Gasteiger partial charge on any atom is -0.467 e. The number of hydrogen-bond donors (Lipinski definition) is 1. The second-order valence-corrected chi connectivity index (χ2v) is 4.97. The molecule has 0 atom stereocenters. The Labute approximate surface area is 109 Å². The molecule has 0 amide bonds. The second kappa shape index (κ2) is 6.92. The zero-order valence-corrected chi connectivity index (χ0v) is 11.4. The highest BCUT2D eigenvalue weighted by molar-refractivity contribution is 5.11. The van der Waals surface area contributed by atoms with Gasteiger partial charge in [0, 0.05) is 24.7 Å². The van der Waals surface area contributed by atoms with Crippen LogP contribution in [0.4, 0.5) is 0 Å². The van der Waals surface area contributed by atoms with Crippen LogP contribution in [-0.2, 0) is 17.9 Å². The van der Waals surface area contributed by atoms with Crippen molar-refractivity contribution >= 4 is 0 Å². The third-order valence-electron chi connectivity index (χ3n) is 3.29. The fourth-order valence-corrected chi connectivity index (χ4v) is 1.94. The van der Waals surface area contributed by atoms with E-state index in [0.29, 0.717) is 6.61 Å². The molecule has 1 fully saturated rings. The van der Waals surface area contributed by atoms with Gasteiger partial charge in [-0.3, -0.25) is 0 Å². The highest BCUT2D eigenvalue weighted by atomic mass is 16.5. The number of nitrogens with zero attached hydrogens (tertiary/aromatic N) is 1. The maximum Gasteiger partial charge on any atom is 0.129 e. The molecule has 0 bridgehead atoms. The monoisotopic (exact) mass is 252 g/mol. The van der Waals surface area contributed by atoms with Crippen molar-refractivity contribution in [3.05, 3.63) is 23.7 Å². The summed E-state index contributed by atoms with van der Waals surface area (Å²) in [6.07, 6.45) is 4.50. The van der Waals surface area contributed by atoms with Crippen LogP contribution in [0, 0.1) is 0 Å². The first-order valence-electron chi connectivity index (χ1n) is 6.84. The van der Waals surface area contributed by atoms with Crippen LogP contribution in [0.5, 0.6) is 0 Å². The van der Waals surface area contributed by atoms with Crippen LogP contribution >= 0.6 is 0 Å². The zero-order valence-electron chi connectivity index (χ0n) is 11.4. The molecule has 4 heteroatoms. The molecule has 1 aliphatic carbocycles. The molecule has 1 heterocycles. The van der Waals surface area contributed by atoms with Gasteiger partial charge in [-0.05, 0) is 32.5 Å². The van der Waals surface area contributed by atoms with Crippen LogP contribution < -0.4 is 5.32 Å². The van der Waals surface area contributed by atoms with Crippen LogP contribution in [0.1, 0.15) is 31.1 Å². The largest absolute Gasteiger partial charge is 0.467 e. The first-order chi connectivity index (χ1) is 8.79. The number of ether oxygens (including phenoxy) is 1. The summed E-state index contributed by atoms with van der Waals surface area (Å²) in [7, 11) is 2.17. The lowest BCUT2D eigenvalue weighted by Crippen LogP contribution is -2.25. The average Bonchev–Trinajstić information content (AvgIpc) is 3.13. The van der Waals surface area contributed by atoms with Crippen LogP contribution in [0.15, 0.2) is 16.7 Å². The van der Waals surface area contributed by atoms with Crippen molar-refractivity contribution in [2.45, 2.75) is 39.0 Å². The van der Waals surface area contributed by atoms with Crippen molar-refractivity contribution in [2.24, 2.45) is 0 Å². The Morgan fingerprint density at radius 3 is 3.06 bits per heavy atom. The van der Waals surface area contributed by atoms with Crippen LogP contribution in [0.2, 0.25) is 0 Å². The van der Waals surface area contributed by atoms with E-state index in [-0.39, 0.29) is 0 Å². The number of likely N-dealkylation sites (N-methyl/N-ethyl adjacent to an activating group) is 1. The van der Waals surface area contributed by atoms with E-state index in [0.717, 1.165) is 38.0 Å². The van der Waals surface area contributed by atoms with E-state index in [2.05, 4.69) is 30.3 Å². The van der Waals surface area contributed by atoms with Gasteiger partial charge in [-0.1, -0.05) is 6.92 Å². The highest BCUT2D eigenvalue weighted by Crippen LogP contribution is 2.24. The van der Waals surface area contributed by atoms with Gasteiger partial charge >= 0.3 is 0 Å². The summed E-state index contributed by atoms with van der Waals surface area (Å²) >= 11 is 0. The summed E-state index contributed by atoms with van der Waals surface area (Å²) < 4.78 is 11.1. The van der Waals surface area contributed by atoms with Crippen LogP contribution in [0.3, 0.4) is 0 Å². The lowest BCUT2D eigenvalue weighted by Gasteiger charge is -2.14. The Morgan fingerprint density at radius 2 is 2.33 bits per heavy atom. The third kappa shape index (κ3) is 4.44. The van der Waals surface area contributed by atoms with Gasteiger partial charge in [0.15, 0.2) is 0 Å². The maximum atomic E-state index is 5.63. The van der Waals surface area contributed by atoms with E-state index in [1.165, 1.54) is 18.4 Å². The molecule has 1 saturated carbocycles. The second-order valence-electron chi connectivity index (χ2n) is 4.97. The van der Waals surface area contributed by atoms with E-state index in [4.69, 9.17) is 9.15 Å². The predicted molar refractivity (Wildman–Crippen MR) is 71.4 cm³/mol. The van der Waals surface area contributed by atoms with E-state index in [1.54, 1.807) is 6.26 Å². The molecule has 18 heavy (non-hydrogen) atoms. The molecule has 0 unspecified atom stereocenters. The van der Waals surface area contributed by atoms with Crippen molar-refractivity contribution in [1.82, 2.24) is 10.2 Å². The molecule has 102 valence electrons. The maximum absolute atomic E-state index is 5.63. The smallest absolute Gasteiger partial charge is 0.129 e. The molecule has 1 aliphatic rings. The van der Waals surface area contributed by atoms with Crippen molar-refractivity contribution in [3.63, 3.8) is 0 Å². The normalized spacial score (nSPS) is 15.5. The Kier molecular flexibility index (Phi) is 5.23. The average molecular weight is 252 g/mol. The highest BCUT2D eigenvalue weighted by Gasteiger charge is 2.25. The minimum atomic E-state index is 0.574. The molecule has 1 aromatic heterocycles. The lowest BCUT2D eigenvalue weighted by molar-refractivity contribution is 0.0863. The SMILES string of the molecule is CCNCc1coc(COCCN(C)C2CC2)c1. The Hall–Kier alpha value is -0.840. The first-order valence-corrected chi connectivity index (χ1v) is 6.84. The van der Waals surface area contributed by atoms with Gasteiger partial charge in [-0.25, -0.2) is 0 Å². The van der Waals surface area contributed by atoms with Crippen molar-refractivity contribution < 1.29 is 9.15 Å². The summed E-state index contributed by atoms with van der Waals surface area (Å²) in [6, 6.07) is 2.87. The van der Waals surface area contributed by atoms with Gasteiger partial charge in [-0.2, -0.15) is 0 Å². The molecule has 1 N–H and O–H groups in total. The van der Waals surface area contributed by atoms with Crippen molar-refractivity contribution in [3.8, 4) is 0 Å². The molecule has 0 radical (unpaired) electrons. The van der Waals surface area contributed by atoms with Gasteiger partial charge in [0.05, 0.1) is 12.9 Å². The summed E-state index contributed by atoms with van der Waals surface area (Å²) in [5, 5.41) is 3.27. The van der Waals surface area contributed by atoms with E-state index >= 15 is 0 Å². The van der Waals surface area contributed by atoms with Gasteiger partial charge < -0.3 is 19.4 Å². The summed E-state index contributed by atoms with van der Waals surface area (Å²) in [4.78, 5) is 2.37. The summed E-state index contributed by atoms with van der Waals surface area (Å²) in [6.45, 7) is 6.30. The molecule has 0 saturated heterocycles. The quantitative estimate of drug-likeness (QED) is 0.682. The van der Waals surface area contributed by atoms with Crippen molar-refractivity contribution in [2.75, 3.05) is 26.7 Å². The van der Waals surface area contributed by atoms with E-state index in [1.807, 2.05) is 0 Å². The van der Waals surface area contributed by atoms with Gasteiger partial charge in [0.25, 0.3) is 0 Å². The molecule has 1 aromatic rings. The number of hydrogen-bond acceptors (Lipinski definition) is 4. The van der Waals surface area contributed by atoms with Gasteiger partial charge in [-0.15, -0.1) is 0 Å². The van der Waals surface area contributed by atoms with E-state index in [9.17, 15) is 0 Å².